The van der Waals surface area contributed by atoms with Crippen LogP contribution in [0.4, 0.5) is 0 Å². The van der Waals surface area contributed by atoms with Crippen LogP contribution in [0.25, 0.3) is 10.2 Å². The van der Waals surface area contributed by atoms with E-state index in [0.29, 0.717) is 27.3 Å². The Bertz CT molecular complexity index is 1350. The van der Waals surface area contributed by atoms with E-state index in [1.807, 2.05) is 0 Å². The first-order valence-electron chi connectivity index (χ1n) is 9.35. The summed E-state index contributed by atoms with van der Waals surface area (Å²) in [4.78, 5) is 29.3. The summed E-state index contributed by atoms with van der Waals surface area (Å²) in [6, 6.07) is 9.64. The Balaban J connectivity index is 2.06. The number of amides is 1. The second-order valence-electron chi connectivity index (χ2n) is 6.81. The molecule has 11 heteroatoms. The van der Waals surface area contributed by atoms with Crippen LogP contribution in [0.3, 0.4) is 0 Å². The molecule has 0 saturated carbocycles. The molecule has 1 amide bonds. The van der Waals surface area contributed by atoms with Gasteiger partial charge in [0.25, 0.3) is 5.91 Å². The van der Waals surface area contributed by atoms with Gasteiger partial charge < -0.3 is 18.8 Å². The molecular formula is C21H22N2O7S2. The highest BCUT2D eigenvalue weighted by molar-refractivity contribution is 7.90. The number of benzene rings is 2. The van der Waals surface area contributed by atoms with Gasteiger partial charge in [0.1, 0.15) is 18.0 Å². The zero-order valence-electron chi connectivity index (χ0n) is 17.9. The summed E-state index contributed by atoms with van der Waals surface area (Å²) in [5.41, 5.74) is 1.20. The van der Waals surface area contributed by atoms with E-state index in [1.165, 1.54) is 38.0 Å². The molecule has 0 atom stereocenters. The van der Waals surface area contributed by atoms with Gasteiger partial charge in [0, 0.05) is 17.9 Å². The number of nitrogens with zero attached hydrogens (tertiary/aromatic N) is 2. The first-order valence-corrected chi connectivity index (χ1v) is 12.1. The molecule has 0 bridgehead atoms. The highest BCUT2D eigenvalue weighted by Gasteiger charge is 2.16. The smallest absolute Gasteiger partial charge is 0.325 e. The largest absolute Gasteiger partial charge is 0.497 e. The van der Waals surface area contributed by atoms with Gasteiger partial charge in [-0.3, -0.25) is 9.59 Å². The van der Waals surface area contributed by atoms with E-state index in [2.05, 4.69) is 4.99 Å². The number of hydrogen-bond acceptors (Lipinski definition) is 8. The molecule has 0 radical (unpaired) electrons. The van der Waals surface area contributed by atoms with Crippen molar-refractivity contribution >= 4 is 43.3 Å². The quantitative estimate of drug-likeness (QED) is 0.477. The van der Waals surface area contributed by atoms with E-state index < -0.39 is 21.7 Å². The molecule has 0 spiro atoms. The highest BCUT2D eigenvalue weighted by Crippen LogP contribution is 2.25. The molecule has 170 valence electrons. The lowest BCUT2D eigenvalue weighted by atomic mass is 10.1. The molecular weight excluding hydrogens is 456 g/mol. The molecule has 0 aliphatic carbocycles. The predicted molar refractivity (Wildman–Crippen MR) is 119 cm³/mol. The van der Waals surface area contributed by atoms with Crippen molar-refractivity contribution in [1.29, 1.82) is 0 Å². The van der Waals surface area contributed by atoms with E-state index in [0.717, 1.165) is 17.6 Å². The number of ether oxygens (including phenoxy) is 3. The van der Waals surface area contributed by atoms with Gasteiger partial charge in [-0.15, -0.1) is 0 Å². The lowest BCUT2D eigenvalue weighted by molar-refractivity contribution is -0.141. The molecule has 0 aliphatic heterocycles. The van der Waals surface area contributed by atoms with Crippen LogP contribution in [0.5, 0.6) is 11.5 Å². The van der Waals surface area contributed by atoms with Gasteiger partial charge in [-0.2, -0.15) is 4.99 Å². The summed E-state index contributed by atoms with van der Waals surface area (Å²) in [6.07, 6.45) is 1.08. The minimum atomic E-state index is -3.42. The molecule has 2 aromatic carbocycles. The number of fused-ring (bicyclic) bond motifs is 1. The topological polar surface area (TPSA) is 113 Å². The molecule has 0 N–H and O–H groups in total. The number of aromatic nitrogens is 1. The number of hydrogen-bond donors (Lipinski definition) is 0. The van der Waals surface area contributed by atoms with Gasteiger partial charge >= 0.3 is 5.97 Å². The highest BCUT2D eigenvalue weighted by atomic mass is 32.2. The maximum atomic E-state index is 12.7. The van der Waals surface area contributed by atoms with Crippen molar-refractivity contribution in [3.63, 3.8) is 0 Å². The second-order valence-corrected chi connectivity index (χ2v) is 9.83. The molecule has 3 rings (SSSR count). The minimum absolute atomic E-state index is 0.0335. The summed E-state index contributed by atoms with van der Waals surface area (Å²) >= 11 is 1.11. The van der Waals surface area contributed by atoms with Crippen molar-refractivity contribution in [3.8, 4) is 11.5 Å². The van der Waals surface area contributed by atoms with E-state index >= 15 is 0 Å². The standard InChI is InChI=1S/C21H22N2O7S2/c1-28-14-6-5-13(17(10-14)29-2)9-19(24)22-21-23(12-20(25)30-3)16-8-7-15(32(4,26)27)11-18(16)31-21/h5-8,10-11H,9,12H2,1-4H3. The Hall–Kier alpha value is -3.18. The lowest BCUT2D eigenvalue weighted by Gasteiger charge is -2.08. The number of sulfone groups is 1. The van der Waals surface area contributed by atoms with Gasteiger partial charge in [-0.05, 0) is 24.3 Å². The zero-order chi connectivity index (χ0) is 23.5. The number of methoxy groups -OCH3 is 3. The van der Waals surface area contributed by atoms with Crippen LogP contribution in [-0.4, -0.2) is 52.4 Å². The van der Waals surface area contributed by atoms with Crippen LogP contribution in [0.2, 0.25) is 0 Å². The third kappa shape index (κ3) is 5.17. The Morgan fingerprint density at radius 3 is 2.44 bits per heavy atom. The normalized spacial score (nSPS) is 12.1. The van der Waals surface area contributed by atoms with Crippen molar-refractivity contribution in [1.82, 2.24) is 4.57 Å². The SMILES string of the molecule is COC(=O)Cn1c(=NC(=O)Cc2ccc(OC)cc2OC)sc2cc(S(C)(=O)=O)ccc21. The summed E-state index contributed by atoms with van der Waals surface area (Å²) in [5, 5.41) is 0. The molecule has 0 aliphatic rings. The first-order chi connectivity index (χ1) is 15.2. The van der Waals surface area contributed by atoms with E-state index in [-0.39, 0.29) is 22.7 Å². The predicted octanol–water partition coefficient (Wildman–Crippen LogP) is 1.97. The number of esters is 1. The first kappa shape index (κ1) is 23.5. The Labute approximate surface area is 188 Å². The fourth-order valence-electron chi connectivity index (χ4n) is 3.02. The van der Waals surface area contributed by atoms with Crippen LogP contribution in [0, 0.1) is 0 Å². The number of carbonyl (C=O) groups excluding carboxylic acids is 2. The fourth-order valence-corrected chi connectivity index (χ4v) is 4.83. The van der Waals surface area contributed by atoms with Gasteiger partial charge in [0.15, 0.2) is 14.6 Å². The minimum Gasteiger partial charge on any atom is -0.497 e. The van der Waals surface area contributed by atoms with Crippen molar-refractivity contribution < 1.29 is 32.2 Å². The van der Waals surface area contributed by atoms with Gasteiger partial charge in [0.2, 0.25) is 0 Å². The summed E-state index contributed by atoms with van der Waals surface area (Å²) in [5.74, 6) is 0.103. The third-order valence-electron chi connectivity index (χ3n) is 4.65. The zero-order valence-corrected chi connectivity index (χ0v) is 19.6. The maximum Gasteiger partial charge on any atom is 0.325 e. The Morgan fingerprint density at radius 1 is 1.06 bits per heavy atom. The lowest BCUT2D eigenvalue weighted by Crippen LogP contribution is -2.22. The van der Waals surface area contributed by atoms with Crippen molar-refractivity contribution in [2.75, 3.05) is 27.6 Å². The van der Waals surface area contributed by atoms with Gasteiger partial charge in [-0.25, -0.2) is 8.42 Å². The summed E-state index contributed by atoms with van der Waals surface area (Å²) < 4.78 is 41.2. The maximum absolute atomic E-state index is 12.7. The molecule has 0 fully saturated rings. The van der Waals surface area contributed by atoms with Crippen molar-refractivity contribution in [2.45, 2.75) is 17.9 Å². The van der Waals surface area contributed by atoms with Crippen LogP contribution in [0.1, 0.15) is 5.56 Å². The van der Waals surface area contributed by atoms with Crippen molar-refractivity contribution in [3.05, 3.63) is 46.8 Å². The Kier molecular flexibility index (Phi) is 6.99. The molecule has 0 saturated heterocycles. The molecule has 9 nitrogen and oxygen atoms in total. The summed E-state index contributed by atoms with van der Waals surface area (Å²) in [6.45, 7) is -0.174. The molecule has 0 unspecified atom stereocenters. The average Bonchev–Trinajstić information content (AvgIpc) is 3.09. The Morgan fingerprint density at radius 2 is 1.81 bits per heavy atom. The molecule has 32 heavy (non-hydrogen) atoms. The number of carbonyl (C=O) groups is 2. The van der Waals surface area contributed by atoms with Gasteiger partial charge in [0.05, 0.1) is 42.9 Å². The summed E-state index contributed by atoms with van der Waals surface area (Å²) in [7, 11) is 0.871. The molecule has 1 aromatic heterocycles. The molecule has 3 aromatic rings. The van der Waals surface area contributed by atoms with Crippen molar-refractivity contribution in [2.24, 2.45) is 4.99 Å². The van der Waals surface area contributed by atoms with Gasteiger partial charge in [-0.1, -0.05) is 17.4 Å². The second kappa shape index (κ2) is 9.53. The average molecular weight is 479 g/mol. The fraction of sp³-hybridized carbons (Fsp3) is 0.286. The van der Waals surface area contributed by atoms with Crippen LogP contribution < -0.4 is 14.3 Å². The van der Waals surface area contributed by atoms with Crippen LogP contribution >= 0.6 is 11.3 Å². The van der Waals surface area contributed by atoms with Crippen LogP contribution in [0.15, 0.2) is 46.3 Å². The van der Waals surface area contributed by atoms with Crippen LogP contribution in [-0.2, 0) is 37.1 Å². The van der Waals surface area contributed by atoms with E-state index in [4.69, 9.17) is 14.2 Å². The number of rotatable bonds is 7. The number of thiazole rings is 1. The van der Waals surface area contributed by atoms with E-state index in [9.17, 15) is 18.0 Å². The molecule has 1 heterocycles. The monoisotopic (exact) mass is 478 g/mol. The van der Waals surface area contributed by atoms with E-state index in [1.54, 1.807) is 24.3 Å². The third-order valence-corrected chi connectivity index (χ3v) is 6.80.